The quantitative estimate of drug-likeness (QED) is 0.394. The first-order chi connectivity index (χ1) is 8.97. The Morgan fingerprint density at radius 2 is 1.90 bits per heavy atom. The first-order valence-corrected chi connectivity index (χ1v) is 5.98. The SMILES string of the molecule is CC(=O)c1ccc(Nc2cc(C)[n+](C)c(N)n2)cc1.[I-]. The molecule has 0 aliphatic heterocycles. The van der Waals surface area contributed by atoms with E-state index in [0.29, 0.717) is 17.3 Å². The highest BCUT2D eigenvalue weighted by Crippen LogP contribution is 2.16. The number of carbonyl (C=O) groups excluding carboxylic acids is 1. The lowest BCUT2D eigenvalue weighted by Gasteiger charge is -2.06. The maximum atomic E-state index is 11.2. The Morgan fingerprint density at radius 3 is 2.40 bits per heavy atom. The van der Waals surface area contributed by atoms with Gasteiger partial charge in [0.25, 0.3) is 0 Å². The third-order valence-corrected chi connectivity index (χ3v) is 3.02. The van der Waals surface area contributed by atoms with Gasteiger partial charge in [0.15, 0.2) is 5.78 Å². The summed E-state index contributed by atoms with van der Waals surface area (Å²) in [5.41, 5.74) is 8.37. The molecule has 0 bridgehead atoms. The van der Waals surface area contributed by atoms with Crippen molar-refractivity contribution in [3.63, 3.8) is 0 Å². The predicted molar refractivity (Wildman–Crippen MR) is 74.3 cm³/mol. The smallest absolute Gasteiger partial charge is 0.391 e. The molecule has 106 valence electrons. The maximum absolute atomic E-state index is 11.2. The third kappa shape index (κ3) is 3.66. The number of nitrogens with zero attached hydrogens (tertiary/aromatic N) is 2. The number of nitrogen functional groups attached to an aromatic ring is 1. The molecule has 0 unspecified atom stereocenters. The van der Waals surface area contributed by atoms with Crippen LogP contribution in [0.3, 0.4) is 0 Å². The van der Waals surface area contributed by atoms with Crippen molar-refractivity contribution in [1.82, 2.24) is 4.98 Å². The van der Waals surface area contributed by atoms with Crippen molar-refractivity contribution in [2.75, 3.05) is 11.1 Å². The molecule has 0 radical (unpaired) electrons. The molecule has 0 fully saturated rings. The molecular weight excluding hydrogens is 367 g/mol. The number of aromatic nitrogens is 2. The molecule has 5 nitrogen and oxygen atoms in total. The second-order valence-corrected chi connectivity index (χ2v) is 4.46. The van der Waals surface area contributed by atoms with Gasteiger partial charge >= 0.3 is 5.95 Å². The molecule has 0 aliphatic rings. The summed E-state index contributed by atoms with van der Waals surface area (Å²) in [6.07, 6.45) is 0. The number of halogens is 1. The van der Waals surface area contributed by atoms with E-state index in [2.05, 4.69) is 10.3 Å². The van der Waals surface area contributed by atoms with E-state index in [0.717, 1.165) is 11.4 Å². The van der Waals surface area contributed by atoms with Crippen LogP contribution in [-0.4, -0.2) is 10.8 Å². The minimum Gasteiger partial charge on any atom is -1.00 e. The van der Waals surface area contributed by atoms with Gasteiger partial charge in [0.2, 0.25) is 5.82 Å². The van der Waals surface area contributed by atoms with Gasteiger partial charge in [-0.2, -0.15) is 0 Å². The topological polar surface area (TPSA) is 71.9 Å². The number of rotatable bonds is 3. The average Bonchev–Trinajstić information content (AvgIpc) is 2.36. The number of nitrogens with one attached hydrogen (secondary N) is 1. The van der Waals surface area contributed by atoms with Crippen molar-refractivity contribution in [2.45, 2.75) is 13.8 Å². The van der Waals surface area contributed by atoms with Gasteiger partial charge in [-0.3, -0.25) is 10.5 Å². The number of ketones is 1. The fourth-order valence-electron chi connectivity index (χ4n) is 1.71. The van der Waals surface area contributed by atoms with Crippen LogP contribution in [0.1, 0.15) is 23.0 Å². The zero-order valence-electron chi connectivity index (χ0n) is 11.6. The van der Waals surface area contributed by atoms with Crippen molar-refractivity contribution >= 4 is 23.2 Å². The monoisotopic (exact) mass is 384 g/mol. The van der Waals surface area contributed by atoms with Crippen LogP contribution in [0, 0.1) is 6.92 Å². The number of carbonyl (C=O) groups is 1. The van der Waals surface area contributed by atoms with Crippen molar-refractivity contribution in [3.8, 4) is 0 Å². The minimum atomic E-state index is 0. The van der Waals surface area contributed by atoms with Crippen LogP contribution >= 0.6 is 0 Å². The van der Waals surface area contributed by atoms with Crippen molar-refractivity contribution in [2.24, 2.45) is 7.05 Å². The first-order valence-electron chi connectivity index (χ1n) is 5.98. The summed E-state index contributed by atoms with van der Waals surface area (Å²) in [4.78, 5) is 15.4. The van der Waals surface area contributed by atoms with Gasteiger partial charge in [-0.25, -0.2) is 4.57 Å². The average molecular weight is 384 g/mol. The number of hydrogen-bond donors (Lipinski definition) is 2. The summed E-state index contributed by atoms with van der Waals surface area (Å²) in [5.74, 6) is 1.18. The van der Waals surface area contributed by atoms with Gasteiger partial charge in [-0.15, -0.1) is 0 Å². The number of benzene rings is 1. The summed E-state index contributed by atoms with van der Waals surface area (Å²) in [7, 11) is 1.86. The summed E-state index contributed by atoms with van der Waals surface area (Å²) in [5, 5.41) is 3.16. The molecule has 0 spiro atoms. The van der Waals surface area contributed by atoms with Gasteiger partial charge in [-0.1, -0.05) is 4.98 Å². The van der Waals surface area contributed by atoms with Crippen LogP contribution < -0.4 is 39.6 Å². The molecule has 20 heavy (non-hydrogen) atoms. The van der Waals surface area contributed by atoms with E-state index in [9.17, 15) is 4.79 Å². The van der Waals surface area contributed by atoms with E-state index < -0.39 is 0 Å². The Morgan fingerprint density at radius 1 is 1.30 bits per heavy atom. The molecule has 6 heteroatoms. The largest absolute Gasteiger partial charge is 1.00 e. The molecule has 0 aliphatic carbocycles. The molecule has 2 rings (SSSR count). The predicted octanol–water partition coefficient (Wildman–Crippen LogP) is -1.25. The van der Waals surface area contributed by atoms with E-state index in [-0.39, 0.29) is 29.8 Å². The van der Waals surface area contributed by atoms with Gasteiger partial charge in [0.1, 0.15) is 0 Å². The molecule has 1 aromatic carbocycles. The zero-order chi connectivity index (χ0) is 14.0. The lowest BCUT2D eigenvalue weighted by molar-refractivity contribution is -0.665. The lowest BCUT2D eigenvalue weighted by Crippen LogP contribution is -3.00. The highest BCUT2D eigenvalue weighted by molar-refractivity contribution is 5.94. The molecule has 0 atom stereocenters. The molecule has 1 aromatic heterocycles. The lowest BCUT2D eigenvalue weighted by atomic mass is 10.1. The zero-order valence-corrected chi connectivity index (χ0v) is 13.8. The van der Waals surface area contributed by atoms with Crippen molar-refractivity contribution in [1.29, 1.82) is 0 Å². The molecule has 2 aromatic rings. The number of Topliss-reactive ketones (excluding diaryl/α,β-unsaturated/α-hetero) is 1. The molecule has 1 heterocycles. The van der Waals surface area contributed by atoms with Crippen LogP contribution in [0.2, 0.25) is 0 Å². The van der Waals surface area contributed by atoms with E-state index >= 15 is 0 Å². The van der Waals surface area contributed by atoms with Crippen molar-refractivity contribution in [3.05, 3.63) is 41.6 Å². The second kappa shape index (κ2) is 6.65. The van der Waals surface area contributed by atoms with E-state index in [1.165, 1.54) is 0 Å². The summed E-state index contributed by atoms with van der Waals surface area (Å²) in [6.45, 7) is 3.51. The minimum absolute atomic E-state index is 0. The molecular formula is C14H17IN4O. The normalized spacial score (nSPS) is 9.75. The van der Waals surface area contributed by atoms with Crippen LogP contribution in [0.5, 0.6) is 0 Å². The highest BCUT2D eigenvalue weighted by atomic mass is 127. The van der Waals surface area contributed by atoms with Gasteiger partial charge in [0.05, 0.1) is 12.7 Å². The Labute approximate surface area is 135 Å². The van der Waals surface area contributed by atoms with Gasteiger partial charge in [0, 0.05) is 17.3 Å². The molecule has 0 amide bonds. The fourth-order valence-corrected chi connectivity index (χ4v) is 1.71. The standard InChI is InChI=1S/C14H16N4O.HI/c1-9-8-13(17-14(15)18(9)3)16-12-6-4-11(5-7-12)10(2)19;/h4-8H,1-3H3,(H2,15,16,17,19);1H. The Bertz CT molecular complexity index is 603. The van der Waals surface area contributed by atoms with Gasteiger partial charge in [-0.05, 0) is 38.1 Å². The number of anilines is 3. The fraction of sp³-hybridized carbons (Fsp3) is 0.214. The van der Waals surface area contributed by atoms with Crippen LogP contribution in [-0.2, 0) is 7.05 Å². The Balaban J connectivity index is 0.00000200. The summed E-state index contributed by atoms with van der Waals surface area (Å²) < 4.78 is 1.81. The third-order valence-electron chi connectivity index (χ3n) is 3.02. The second-order valence-electron chi connectivity index (χ2n) is 4.46. The van der Waals surface area contributed by atoms with E-state index in [4.69, 9.17) is 5.73 Å². The number of nitrogens with two attached hydrogens (primary N) is 1. The molecule has 0 saturated heterocycles. The van der Waals surface area contributed by atoms with Crippen LogP contribution in [0.15, 0.2) is 30.3 Å². The summed E-state index contributed by atoms with van der Waals surface area (Å²) in [6, 6.07) is 9.16. The Hall–Kier alpha value is -1.70. The highest BCUT2D eigenvalue weighted by Gasteiger charge is 2.10. The number of hydrogen-bond acceptors (Lipinski definition) is 4. The number of aryl methyl sites for hydroxylation is 1. The molecule has 3 N–H and O–H groups in total. The van der Waals surface area contributed by atoms with Gasteiger partial charge < -0.3 is 29.3 Å². The first kappa shape index (κ1) is 16.4. The van der Waals surface area contributed by atoms with E-state index in [1.807, 2.05) is 36.7 Å². The maximum Gasteiger partial charge on any atom is 0.391 e. The van der Waals surface area contributed by atoms with E-state index in [1.54, 1.807) is 19.1 Å². The Kier molecular flexibility index (Phi) is 5.43. The van der Waals surface area contributed by atoms with Crippen molar-refractivity contribution < 1.29 is 33.3 Å². The van der Waals surface area contributed by atoms with Crippen LogP contribution in [0.4, 0.5) is 17.5 Å². The summed E-state index contributed by atoms with van der Waals surface area (Å²) >= 11 is 0. The molecule has 0 saturated carbocycles. The van der Waals surface area contributed by atoms with Crippen LogP contribution in [0.25, 0.3) is 0 Å².